The summed E-state index contributed by atoms with van der Waals surface area (Å²) in [4.78, 5) is 16.9. The van der Waals surface area contributed by atoms with Gasteiger partial charge in [-0.2, -0.15) is 0 Å². The van der Waals surface area contributed by atoms with Crippen molar-refractivity contribution in [1.29, 1.82) is 0 Å². The van der Waals surface area contributed by atoms with Crippen molar-refractivity contribution >= 4 is 32.5 Å². The highest BCUT2D eigenvalue weighted by Crippen LogP contribution is 2.25. The Bertz CT molecular complexity index is 854. The van der Waals surface area contributed by atoms with E-state index in [-0.39, 0.29) is 17.6 Å². The van der Waals surface area contributed by atoms with Gasteiger partial charge in [-0.05, 0) is 31.4 Å². The Morgan fingerprint density at radius 2 is 1.96 bits per heavy atom. The Labute approximate surface area is 148 Å². The number of aromatic nitrogens is 1. The van der Waals surface area contributed by atoms with E-state index in [0.717, 1.165) is 10.9 Å². The van der Waals surface area contributed by atoms with Crippen LogP contribution in [0.15, 0.2) is 36.5 Å². The molecule has 0 spiro atoms. The number of nitrogens with one attached hydrogen (secondary N) is 1. The van der Waals surface area contributed by atoms with E-state index in [1.54, 1.807) is 6.20 Å². The number of carbonyl (C=O) groups excluding carboxylic acids is 1. The second-order valence-corrected chi connectivity index (χ2v) is 8.45. The number of fused-ring (bicyclic) bond motifs is 1. The number of pyridine rings is 1. The molecule has 1 amide bonds. The first-order valence-corrected chi connectivity index (χ1v) is 10.2. The normalized spacial score (nSPS) is 16.8. The van der Waals surface area contributed by atoms with Crippen molar-refractivity contribution in [1.82, 2.24) is 9.29 Å². The molecular weight excluding hydrogens is 338 g/mol. The Morgan fingerprint density at radius 3 is 2.68 bits per heavy atom. The highest BCUT2D eigenvalue weighted by Gasteiger charge is 2.30. The summed E-state index contributed by atoms with van der Waals surface area (Å²) in [5.74, 6) is -0.0660. The van der Waals surface area contributed by atoms with E-state index < -0.39 is 10.0 Å². The first-order valence-electron chi connectivity index (χ1n) is 8.63. The molecule has 0 radical (unpaired) electrons. The summed E-state index contributed by atoms with van der Waals surface area (Å²) in [6, 6.07) is 9.50. The number of amides is 1. The van der Waals surface area contributed by atoms with Crippen molar-refractivity contribution in [3.8, 4) is 0 Å². The zero-order chi connectivity index (χ0) is 17.9. The molecule has 1 aromatic heterocycles. The lowest BCUT2D eigenvalue weighted by atomic mass is 9.97. The Balaban J connectivity index is 1.65. The van der Waals surface area contributed by atoms with E-state index in [1.807, 2.05) is 37.3 Å². The van der Waals surface area contributed by atoms with Crippen molar-refractivity contribution in [2.45, 2.75) is 26.2 Å². The molecule has 3 rings (SSSR count). The number of piperidine rings is 1. The van der Waals surface area contributed by atoms with Crippen LogP contribution in [0.1, 0.15) is 26.2 Å². The molecule has 0 saturated carbocycles. The number of hydrogen-bond acceptors (Lipinski definition) is 4. The van der Waals surface area contributed by atoms with Crippen LogP contribution in [0.4, 0.5) is 5.69 Å². The maximum Gasteiger partial charge on any atom is 0.227 e. The highest BCUT2D eigenvalue weighted by atomic mass is 32.2. The number of carbonyl (C=O) groups is 1. The summed E-state index contributed by atoms with van der Waals surface area (Å²) in [7, 11) is -3.18. The van der Waals surface area contributed by atoms with Crippen LogP contribution in [0, 0.1) is 5.92 Å². The molecule has 0 atom stereocenters. The largest absolute Gasteiger partial charge is 0.324 e. The van der Waals surface area contributed by atoms with Gasteiger partial charge in [-0.1, -0.05) is 25.1 Å². The second kappa shape index (κ2) is 7.49. The standard InChI is InChI=1S/C18H23N3O3S/c1-2-13-25(23,24)21-11-8-15(9-12-21)18(22)20-16-7-3-5-14-6-4-10-19-17(14)16/h3-7,10,15H,2,8-9,11-13H2,1H3,(H,20,22). The maximum absolute atomic E-state index is 12.6. The van der Waals surface area contributed by atoms with Crippen LogP contribution < -0.4 is 5.32 Å². The van der Waals surface area contributed by atoms with E-state index >= 15 is 0 Å². The van der Waals surface area contributed by atoms with Gasteiger partial charge in [0.05, 0.1) is 17.0 Å². The minimum Gasteiger partial charge on any atom is -0.324 e. The Hall–Kier alpha value is -1.99. The number of hydrogen-bond donors (Lipinski definition) is 1. The fourth-order valence-corrected chi connectivity index (χ4v) is 4.76. The lowest BCUT2D eigenvalue weighted by Gasteiger charge is -2.30. The number of anilines is 1. The van der Waals surface area contributed by atoms with Gasteiger partial charge in [0.2, 0.25) is 15.9 Å². The highest BCUT2D eigenvalue weighted by molar-refractivity contribution is 7.89. The van der Waals surface area contributed by atoms with Gasteiger partial charge in [-0.15, -0.1) is 0 Å². The van der Waals surface area contributed by atoms with Gasteiger partial charge in [0.25, 0.3) is 0 Å². The average Bonchev–Trinajstić information content (AvgIpc) is 2.62. The van der Waals surface area contributed by atoms with Crippen LogP contribution in [0.25, 0.3) is 10.9 Å². The zero-order valence-corrected chi connectivity index (χ0v) is 15.1. The van der Waals surface area contributed by atoms with Crippen molar-refractivity contribution in [2.75, 3.05) is 24.2 Å². The van der Waals surface area contributed by atoms with Gasteiger partial charge >= 0.3 is 0 Å². The minimum absolute atomic E-state index is 0.0642. The molecule has 1 N–H and O–H groups in total. The number of sulfonamides is 1. The van der Waals surface area contributed by atoms with Crippen molar-refractivity contribution in [3.63, 3.8) is 0 Å². The lowest BCUT2D eigenvalue weighted by molar-refractivity contribution is -0.120. The van der Waals surface area contributed by atoms with Gasteiger partial charge in [-0.25, -0.2) is 12.7 Å². The predicted molar refractivity (Wildman–Crippen MR) is 98.7 cm³/mol. The third-order valence-electron chi connectivity index (χ3n) is 4.57. The quantitative estimate of drug-likeness (QED) is 0.888. The van der Waals surface area contributed by atoms with E-state index in [4.69, 9.17) is 0 Å². The summed E-state index contributed by atoms with van der Waals surface area (Å²) in [6.45, 7) is 2.68. The molecule has 1 saturated heterocycles. The molecule has 25 heavy (non-hydrogen) atoms. The molecule has 1 aliphatic rings. The fourth-order valence-electron chi connectivity index (χ4n) is 3.22. The van der Waals surface area contributed by atoms with Crippen LogP contribution in [0.2, 0.25) is 0 Å². The number of rotatable bonds is 5. The van der Waals surface area contributed by atoms with Crippen molar-refractivity contribution in [2.24, 2.45) is 5.92 Å². The van der Waals surface area contributed by atoms with Gasteiger partial charge in [-0.3, -0.25) is 9.78 Å². The van der Waals surface area contributed by atoms with E-state index in [9.17, 15) is 13.2 Å². The summed E-state index contributed by atoms with van der Waals surface area (Å²) in [5.41, 5.74) is 1.46. The molecule has 7 heteroatoms. The molecule has 1 fully saturated rings. The van der Waals surface area contributed by atoms with Gasteiger partial charge in [0.1, 0.15) is 0 Å². The first kappa shape index (κ1) is 17.8. The molecule has 1 aromatic carbocycles. The van der Waals surface area contributed by atoms with E-state index in [2.05, 4.69) is 10.3 Å². The van der Waals surface area contributed by atoms with Crippen molar-refractivity contribution < 1.29 is 13.2 Å². The van der Waals surface area contributed by atoms with Crippen LogP contribution in [-0.4, -0.2) is 42.5 Å². The molecule has 2 heterocycles. The first-order chi connectivity index (χ1) is 12.0. The van der Waals surface area contributed by atoms with Crippen LogP contribution in [-0.2, 0) is 14.8 Å². The van der Waals surface area contributed by atoms with Gasteiger partial charge in [0, 0.05) is 30.6 Å². The summed E-state index contributed by atoms with van der Waals surface area (Å²) in [6.07, 6.45) is 3.41. The Kier molecular flexibility index (Phi) is 5.34. The molecule has 0 bridgehead atoms. The SMILES string of the molecule is CCCS(=O)(=O)N1CCC(C(=O)Nc2cccc3cccnc23)CC1. The van der Waals surface area contributed by atoms with E-state index in [1.165, 1.54) is 4.31 Å². The van der Waals surface area contributed by atoms with E-state index in [0.29, 0.717) is 38.0 Å². The molecule has 0 unspecified atom stereocenters. The fraction of sp³-hybridized carbons (Fsp3) is 0.444. The summed E-state index contributed by atoms with van der Waals surface area (Å²) < 4.78 is 25.7. The molecular formula is C18H23N3O3S. The predicted octanol–water partition coefficient (Wildman–Crippen LogP) is 2.63. The third kappa shape index (κ3) is 3.99. The topological polar surface area (TPSA) is 79.4 Å². The number of nitrogens with zero attached hydrogens (tertiary/aromatic N) is 2. The smallest absolute Gasteiger partial charge is 0.227 e. The van der Waals surface area contributed by atoms with Gasteiger partial charge < -0.3 is 5.32 Å². The van der Waals surface area contributed by atoms with Gasteiger partial charge in [0.15, 0.2) is 0 Å². The monoisotopic (exact) mass is 361 g/mol. The van der Waals surface area contributed by atoms with Crippen LogP contribution >= 0.6 is 0 Å². The second-order valence-electron chi connectivity index (χ2n) is 6.36. The van der Waals surface area contributed by atoms with Crippen LogP contribution in [0.5, 0.6) is 0 Å². The molecule has 134 valence electrons. The average molecular weight is 361 g/mol. The molecule has 1 aliphatic heterocycles. The number of benzene rings is 1. The lowest BCUT2D eigenvalue weighted by Crippen LogP contribution is -2.42. The molecule has 6 nitrogen and oxygen atoms in total. The summed E-state index contributed by atoms with van der Waals surface area (Å²) >= 11 is 0. The van der Waals surface area contributed by atoms with Crippen molar-refractivity contribution in [3.05, 3.63) is 36.5 Å². The maximum atomic E-state index is 12.6. The zero-order valence-electron chi connectivity index (χ0n) is 14.3. The third-order valence-corrected chi connectivity index (χ3v) is 6.65. The number of para-hydroxylation sites is 1. The van der Waals surface area contributed by atoms with Crippen LogP contribution in [0.3, 0.4) is 0 Å². The summed E-state index contributed by atoms with van der Waals surface area (Å²) in [5, 5.41) is 3.94. The Morgan fingerprint density at radius 1 is 1.24 bits per heavy atom. The molecule has 2 aromatic rings. The minimum atomic E-state index is -3.18. The molecule has 0 aliphatic carbocycles.